The van der Waals surface area contributed by atoms with E-state index in [0.717, 1.165) is 17.6 Å². The molecular formula is C15H21ClN2. The molecule has 2 atom stereocenters. The van der Waals surface area contributed by atoms with Crippen LogP contribution in [0.2, 0.25) is 5.02 Å². The van der Waals surface area contributed by atoms with Crippen molar-refractivity contribution in [2.75, 3.05) is 13.1 Å². The Morgan fingerprint density at radius 2 is 2.11 bits per heavy atom. The summed E-state index contributed by atoms with van der Waals surface area (Å²) >= 11 is 6.18. The van der Waals surface area contributed by atoms with Crippen molar-refractivity contribution in [1.29, 1.82) is 0 Å². The van der Waals surface area contributed by atoms with Crippen LogP contribution in [0, 0.1) is 0 Å². The Morgan fingerprint density at radius 3 is 3.00 bits per heavy atom. The molecule has 0 aromatic heterocycles. The lowest BCUT2D eigenvalue weighted by molar-refractivity contribution is 0.166. The molecule has 2 aliphatic rings. The molecular weight excluding hydrogens is 244 g/mol. The topological polar surface area (TPSA) is 15.3 Å². The average molecular weight is 265 g/mol. The molecule has 0 saturated carbocycles. The first-order chi connectivity index (χ1) is 8.83. The van der Waals surface area contributed by atoms with Gasteiger partial charge in [-0.05, 0) is 50.4 Å². The minimum atomic E-state index is 0.667. The maximum absolute atomic E-state index is 6.18. The van der Waals surface area contributed by atoms with Crippen LogP contribution < -0.4 is 5.32 Å². The van der Waals surface area contributed by atoms with Gasteiger partial charge in [0.15, 0.2) is 0 Å². The fourth-order valence-corrected chi connectivity index (χ4v) is 3.51. The molecule has 0 amide bonds. The van der Waals surface area contributed by atoms with E-state index in [1.54, 1.807) is 0 Å². The summed E-state index contributed by atoms with van der Waals surface area (Å²) in [5, 5.41) is 4.56. The molecule has 1 aromatic carbocycles. The molecule has 3 rings (SSSR count). The molecule has 98 valence electrons. The van der Waals surface area contributed by atoms with Crippen LogP contribution in [0.4, 0.5) is 0 Å². The highest BCUT2D eigenvalue weighted by atomic mass is 35.5. The zero-order valence-corrected chi connectivity index (χ0v) is 11.5. The number of benzene rings is 1. The third-order valence-corrected chi connectivity index (χ3v) is 4.73. The van der Waals surface area contributed by atoms with Crippen LogP contribution in [-0.2, 0) is 6.54 Å². The standard InChI is InChI=1S/C15H21ClN2/c16-15-6-2-1-4-12(15)11-17-13-7-9-18-8-3-5-14(18)10-13/h1-2,4,6,13-14,17H,3,5,7-11H2. The van der Waals surface area contributed by atoms with Crippen molar-refractivity contribution in [2.45, 2.75) is 44.3 Å². The maximum Gasteiger partial charge on any atom is 0.0450 e. The summed E-state index contributed by atoms with van der Waals surface area (Å²) in [6.45, 7) is 3.49. The van der Waals surface area contributed by atoms with Gasteiger partial charge in [-0.25, -0.2) is 0 Å². The predicted octanol–water partition coefficient (Wildman–Crippen LogP) is 3.06. The zero-order chi connectivity index (χ0) is 12.4. The first-order valence-electron chi connectivity index (χ1n) is 7.04. The summed E-state index contributed by atoms with van der Waals surface area (Å²) in [5.74, 6) is 0. The molecule has 2 saturated heterocycles. The van der Waals surface area contributed by atoms with Gasteiger partial charge in [-0.1, -0.05) is 29.8 Å². The van der Waals surface area contributed by atoms with E-state index in [2.05, 4.69) is 22.3 Å². The van der Waals surface area contributed by atoms with E-state index in [0.29, 0.717) is 6.04 Å². The van der Waals surface area contributed by atoms with E-state index >= 15 is 0 Å². The number of piperidine rings is 1. The quantitative estimate of drug-likeness (QED) is 0.903. The Kier molecular flexibility index (Phi) is 3.88. The lowest BCUT2D eigenvalue weighted by atomic mass is 9.97. The molecule has 0 radical (unpaired) electrons. The van der Waals surface area contributed by atoms with Gasteiger partial charge < -0.3 is 10.2 Å². The van der Waals surface area contributed by atoms with Gasteiger partial charge in [0.05, 0.1) is 0 Å². The highest BCUT2D eigenvalue weighted by molar-refractivity contribution is 6.31. The van der Waals surface area contributed by atoms with Gasteiger partial charge in [0.25, 0.3) is 0 Å². The second-order valence-electron chi connectivity index (χ2n) is 5.53. The van der Waals surface area contributed by atoms with Crippen LogP contribution in [0.1, 0.15) is 31.2 Å². The second kappa shape index (κ2) is 5.60. The molecule has 2 unspecified atom stereocenters. The van der Waals surface area contributed by atoms with Crippen molar-refractivity contribution in [3.8, 4) is 0 Å². The van der Waals surface area contributed by atoms with Crippen molar-refractivity contribution in [3.05, 3.63) is 34.9 Å². The molecule has 0 spiro atoms. The lowest BCUT2D eigenvalue weighted by Crippen LogP contribution is -2.45. The monoisotopic (exact) mass is 264 g/mol. The van der Waals surface area contributed by atoms with Crippen molar-refractivity contribution in [2.24, 2.45) is 0 Å². The number of fused-ring (bicyclic) bond motifs is 1. The number of hydrogen-bond acceptors (Lipinski definition) is 2. The third-order valence-electron chi connectivity index (χ3n) is 4.36. The predicted molar refractivity (Wildman–Crippen MR) is 75.9 cm³/mol. The van der Waals surface area contributed by atoms with Crippen LogP contribution >= 0.6 is 11.6 Å². The minimum Gasteiger partial charge on any atom is -0.310 e. The zero-order valence-electron chi connectivity index (χ0n) is 10.7. The second-order valence-corrected chi connectivity index (χ2v) is 5.93. The molecule has 2 heterocycles. The van der Waals surface area contributed by atoms with Gasteiger partial charge in [0.2, 0.25) is 0 Å². The van der Waals surface area contributed by atoms with Crippen LogP contribution in [0.5, 0.6) is 0 Å². The fourth-order valence-electron chi connectivity index (χ4n) is 3.31. The molecule has 18 heavy (non-hydrogen) atoms. The van der Waals surface area contributed by atoms with Crippen LogP contribution in [-0.4, -0.2) is 30.1 Å². The van der Waals surface area contributed by atoms with Crippen molar-refractivity contribution < 1.29 is 0 Å². The molecule has 1 N–H and O–H groups in total. The van der Waals surface area contributed by atoms with Gasteiger partial charge in [0.1, 0.15) is 0 Å². The van der Waals surface area contributed by atoms with Gasteiger partial charge in [-0.2, -0.15) is 0 Å². The smallest absolute Gasteiger partial charge is 0.0450 e. The fraction of sp³-hybridized carbons (Fsp3) is 0.600. The van der Waals surface area contributed by atoms with Gasteiger partial charge >= 0.3 is 0 Å². The van der Waals surface area contributed by atoms with Crippen molar-refractivity contribution in [3.63, 3.8) is 0 Å². The molecule has 0 aliphatic carbocycles. The van der Waals surface area contributed by atoms with E-state index in [-0.39, 0.29) is 0 Å². The summed E-state index contributed by atoms with van der Waals surface area (Å²) in [5.41, 5.74) is 1.22. The number of rotatable bonds is 3. The minimum absolute atomic E-state index is 0.667. The van der Waals surface area contributed by atoms with Crippen LogP contribution in [0.3, 0.4) is 0 Å². The Hall–Kier alpha value is -0.570. The van der Waals surface area contributed by atoms with Gasteiger partial charge in [0, 0.05) is 23.7 Å². The maximum atomic E-state index is 6.18. The molecule has 0 bridgehead atoms. The number of nitrogens with zero attached hydrogens (tertiary/aromatic N) is 1. The SMILES string of the molecule is Clc1ccccc1CNC1CCN2CCCC2C1. The molecule has 3 heteroatoms. The first-order valence-corrected chi connectivity index (χ1v) is 7.41. The number of nitrogens with one attached hydrogen (secondary N) is 1. The number of hydrogen-bond donors (Lipinski definition) is 1. The van der Waals surface area contributed by atoms with E-state index in [9.17, 15) is 0 Å². The van der Waals surface area contributed by atoms with E-state index in [1.807, 2.05) is 12.1 Å². The Labute approximate surface area is 114 Å². The molecule has 2 fully saturated rings. The van der Waals surface area contributed by atoms with E-state index < -0.39 is 0 Å². The number of halogens is 1. The largest absolute Gasteiger partial charge is 0.310 e. The average Bonchev–Trinajstić information content (AvgIpc) is 2.85. The highest BCUT2D eigenvalue weighted by Crippen LogP contribution is 2.27. The van der Waals surface area contributed by atoms with Crippen molar-refractivity contribution in [1.82, 2.24) is 10.2 Å². The summed E-state index contributed by atoms with van der Waals surface area (Å²) in [4.78, 5) is 2.66. The van der Waals surface area contributed by atoms with E-state index in [1.165, 1.54) is 44.3 Å². The summed E-state index contributed by atoms with van der Waals surface area (Å²) < 4.78 is 0. The Balaban J connectivity index is 1.53. The van der Waals surface area contributed by atoms with Gasteiger partial charge in [-0.3, -0.25) is 0 Å². The van der Waals surface area contributed by atoms with Gasteiger partial charge in [-0.15, -0.1) is 0 Å². The van der Waals surface area contributed by atoms with Crippen LogP contribution in [0.15, 0.2) is 24.3 Å². The van der Waals surface area contributed by atoms with Crippen molar-refractivity contribution >= 4 is 11.6 Å². The lowest BCUT2D eigenvalue weighted by Gasteiger charge is -2.35. The third kappa shape index (κ3) is 2.71. The molecule has 1 aromatic rings. The van der Waals surface area contributed by atoms with Crippen LogP contribution in [0.25, 0.3) is 0 Å². The summed E-state index contributed by atoms with van der Waals surface area (Å²) in [6.07, 6.45) is 5.37. The molecule has 2 aliphatic heterocycles. The highest BCUT2D eigenvalue weighted by Gasteiger charge is 2.31. The molecule has 2 nitrogen and oxygen atoms in total. The summed E-state index contributed by atoms with van der Waals surface area (Å²) in [6, 6.07) is 9.63. The normalized spacial score (nSPS) is 28.3. The first kappa shape index (κ1) is 12.5. The Bertz CT molecular complexity index is 407. The summed E-state index contributed by atoms with van der Waals surface area (Å²) in [7, 11) is 0. The van der Waals surface area contributed by atoms with E-state index in [4.69, 9.17) is 11.6 Å². The Morgan fingerprint density at radius 1 is 1.22 bits per heavy atom.